The lowest BCUT2D eigenvalue weighted by Crippen LogP contribution is -2.36. The average molecular weight is 585 g/mol. The van der Waals surface area contributed by atoms with Gasteiger partial charge >= 0.3 is 19.4 Å². The van der Waals surface area contributed by atoms with Gasteiger partial charge in [-0.1, -0.05) is 48.5 Å². The minimum Gasteiger partial charge on any atom is -0.504 e. The summed E-state index contributed by atoms with van der Waals surface area (Å²) in [6, 6.07) is 17.0. The molecule has 2 aromatic carbocycles. The first-order chi connectivity index (χ1) is 19.6. The summed E-state index contributed by atoms with van der Waals surface area (Å²) in [5.41, 5.74) is -2.94. The summed E-state index contributed by atoms with van der Waals surface area (Å²) >= 11 is 0. The molecule has 0 unspecified atom stereocenters. The van der Waals surface area contributed by atoms with Crippen LogP contribution in [0.5, 0.6) is 11.5 Å². The molecule has 5 rings (SSSR count). The second kappa shape index (κ2) is 11.2. The second-order valence-electron chi connectivity index (χ2n) is 9.34. The molecular weight excluding hydrogens is 560 g/mol. The third-order valence-electron chi connectivity index (χ3n) is 6.15. The van der Waals surface area contributed by atoms with E-state index in [0.29, 0.717) is 10.8 Å². The number of aromatic amines is 1. The highest BCUT2D eigenvalue weighted by Gasteiger charge is 2.56. The number of carbonyl (C=O) groups is 1. The van der Waals surface area contributed by atoms with Gasteiger partial charge in [-0.2, -0.15) is 9.48 Å². The van der Waals surface area contributed by atoms with Crippen molar-refractivity contribution >= 4 is 13.7 Å². The Balaban J connectivity index is 1.40. The van der Waals surface area contributed by atoms with Gasteiger partial charge in [0.2, 0.25) is 11.7 Å². The van der Waals surface area contributed by atoms with Crippen LogP contribution in [0.25, 0.3) is 5.88 Å². The third-order valence-corrected chi connectivity index (χ3v) is 7.89. The molecule has 0 bridgehead atoms. The zero-order chi connectivity index (χ0) is 29.2. The quantitative estimate of drug-likeness (QED) is 0.174. The number of furan rings is 1. The van der Waals surface area contributed by atoms with Crippen LogP contribution in [0.15, 0.2) is 86.9 Å². The molecule has 12 nitrogen and oxygen atoms in total. The number of esters is 1. The van der Waals surface area contributed by atoms with Crippen molar-refractivity contribution in [1.29, 1.82) is 0 Å². The molecule has 0 aliphatic heterocycles. The van der Waals surface area contributed by atoms with Crippen LogP contribution in [0, 0.1) is 5.82 Å². The van der Waals surface area contributed by atoms with Gasteiger partial charge in [0, 0.05) is 6.07 Å². The lowest BCUT2D eigenvalue weighted by molar-refractivity contribution is -0.146. The molecule has 41 heavy (non-hydrogen) atoms. The van der Waals surface area contributed by atoms with Crippen molar-refractivity contribution in [3.05, 3.63) is 111 Å². The highest BCUT2D eigenvalue weighted by atomic mass is 31.2. The first kappa shape index (κ1) is 28.1. The number of halogens is 1. The van der Waals surface area contributed by atoms with Gasteiger partial charge in [0.15, 0.2) is 11.5 Å². The maximum atomic E-state index is 14.1. The number of para-hydroxylation sites is 1. The van der Waals surface area contributed by atoms with Gasteiger partial charge in [0.05, 0.1) is 6.20 Å². The van der Waals surface area contributed by atoms with Gasteiger partial charge in [0.25, 0.3) is 5.56 Å². The molecule has 2 heterocycles. The Morgan fingerprint density at radius 2 is 1.83 bits per heavy atom. The molecule has 214 valence electrons. The summed E-state index contributed by atoms with van der Waals surface area (Å²) < 4.78 is 51.2. The summed E-state index contributed by atoms with van der Waals surface area (Å²) in [5.74, 6) is -2.80. The molecule has 1 aliphatic carbocycles. The molecule has 1 saturated carbocycles. The van der Waals surface area contributed by atoms with E-state index in [0.717, 1.165) is 11.6 Å². The van der Waals surface area contributed by atoms with E-state index < -0.39 is 48.2 Å². The Bertz CT molecular complexity index is 1720. The molecule has 14 heteroatoms. The molecular formula is C27H25FN3O9P. The number of carbonyl (C=O) groups excluding carboxylic acids is 1. The first-order valence-corrected chi connectivity index (χ1v) is 14.0. The van der Waals surface area contributed by atoms with E-state index in [4.69, 9.17) is 18.2 Å². The Kier molecular flexibility index (Phi) is 7.68. The molecule has 2 atom stereocenters. The van der Waals surface area contributed by atoms with Gasteiger partial charge in [-0.15, -0.1) is 0 Å². The molecule has 0 amide bonds. The van der Waals surface area contributed by atoms with Crippen molar-refractivity contribution in [2.24, 2.45) is 0 Å². The molecule has 0 spiro atoms. The molecule has 3 N–H and O–H groups in total. The third kappa shape index (κ3) is 6.32. The van der Waals surface area contributed by atoms with Crippen molar-refractivity contribution in [3.63, 3.8) is 0 Å². The normalized spacial score (nSPS) is 16.0. The summed E-state index contributed by atoms with van der Waals surface area (Å²) in [6.07, 6.45) is 1.05. The SMILES string of the molecule is C[C@H](N[P@@](=O)(Oc1ccccc1)OC1(c2oc(-n3cc(F)c(=O)[nH]c3=O)cc2O)CC1)C(=O)OCc1ccccc1. The zero-order valence-electron chi connectivity index (χ0n) is 21.6. The van der Waals surface area contributed by atoms with E-state index in [1.54, 1.807) is 47.4 Å². The zero-order valence-corrected chi connectivity index (χ0v) is 22.5. The van der Waals surface area contributed by atoms with E-state index in [1.807, 2.05) is 6.07 Å². The summed E-state index contributed by atoms with van der Waals surface area (Å²) in [4.78, 5) is 38.1. The standard InChI is InChI=1S/C27H25FN3O9P/c1-17(25(34)37-16-18-8-4-2-5-9-18)30-41(36,39-19-10-6-3-7-11-19)40-27(12-13-27)23-21(32)14-22(38-23)31-15-20(28)24(33)29-26(31)35/h2-11,14-15,17,32H,12-13,16H2,1H3,(H,30,36)(H,29,33,35)/t17-,41+/m0/s1. The predicted octanol–water partition coefficient (Wildman–Crippen LogP) is 3.88. The van der Waals surface area contributed by atoms with Crippen LogP contribution in [-0.4, -0.2) is 26.7 Å². The number of aromatic nitrogens is 2. The lowest BCUT2D eigenvalue weighted by Gasteiger charge is -2.26. The minimum absolute atomic E-state index is 0.00586. The lowest BCUT2D eigenvalue weighted by atomic mass is 10.2. The highest BCUT2D eigenvalue weighted by molar-refractivity contribution is 7.52. The first-order valence-electron chi connectivity index (χ1n) is 12.5. The smallest absolute Gasteiger partial charge is 0.460 e. The highest BCUT2D eigenvalue weighted by Crippen LogP contribution is 2.62. The molecule has 2 aromatic heterocycles. The van der Waals surface area contributed by atoms with Gasteiger partial charge in [0.1, 0.15) is 24.0 Å². The summed E-state index contributed by atoms with van der Waals surface area (Å²) in [7, 11) is -4.38. The van der Waals surface area contributed by atoms with Crippen molar-refractivity contribution in [3.8, 4) is 17.4 Å². The van der Waals surface area contributed by atoms with Crippen LogP contribution in [0.4, 0.5) is 4.39 Å². The van der Waals surface area contributed by atoms with Crippen LogP contribution in [0.3, 0.4) is 0 Å². The van der Waals surface area contributed by atoms with Gasteiger partial charge in [-0.25, -0.2) is 13.9 Å². The summed E-state index contributed by atoms with van der Waals surface area (Å²) in [5, 5.41) is 13.2. The van der Waals surface area contributed by atoms with Gasteiger partial charge < -0.3 is 18.8 Å². The van der Waals surface area contributed by atoms with Crippen molar-refractivity contribution in [2.45, 2.75) is 38.0 Å². The Morgan fingerprint density at radius 1 is 1.17 bits per heavy atom. The number of nitrogens with zero attached hydrogens (tertiary/aromatic N) is 1. The predicted molar refractivity (Wildman–Crippen MR) is 142 cm³/mol. The van der Waals surface area contributed by atoms with E-state index in [2.05, 4.69) is 5.09 Å². The number of hydrogen-bond donors (Lipinski definition) is 3. The number of ether oxygens (including phenoxy) is 1. The van der Waals surface area contributed by atoms with Gasteiger partial charge in [-0.05, 0) is 37.5 Å². The Hall–Kier alpha value is -4.45. The molecule has 4 aromatic rings. The monoisotopic (exact) mass is 585 g/mol. The van der Waals surface area contributed by atoms with Crippen LogP contribution >= 0.6 is 7.75 Å². The van der Waals surface area contributed by atoms with Crippen molar-refractivity contribution < 1.29 is 37.1 Å². The van der Waals surface area contributed by atoms with Crippen LogP contribution in [-0.2, 0) is 30.8 Å². The van der Waals surface area contributed by atoms with Gasteiger partial charge in [-0.3, -0.25) is 19.1 Å². The van der Waals surface area contributed by atoms with Crippen LogP contribution < -0.4 is 20.9 Å². The molecule has 0 radical (unpaired) electrons. The number of benzene rings is 2. The maximum absolute atomic E-state index is 14.1. The van der Waals surface area contributed by atoms with E-state index in [9.17, 15) is 28.4 Å². The molecule has 1 aliphatic rings. The fourth-order valence-corrected chi connectivity index (χ4v) is 5.81. The number of H-pyrrole nitrogens is 1. The molecule has 0 saturated heterocycles. The Labute approximate surface area is 231 Å². The van der Waals surface area contributed by atoms with Crippen LogP contribution in [0.2, 0.25) is 0 Å². The number of aromatic hydroxyl groups is 1. The van der Waals surface area contributed by atoms with E-state index >= 15 is 0 Å². The number of nitrogens with one attached hydrogen (secondary N) is 2. The van der Waals surface area contributed by atoms with Crippen molar-refractivity contribution in [1.82, 2.24) is 14.6 Å². The van der Waals surface area contributed by atoms with Crippen LogP contribution in [0.1, 0.15) is 31.1 Å². The minimum atomic E-state index is -4.38. The number of hydrogen-bond acceptors (Lipinski definition) is 9. The second-order valence-corrected chi connectivity index (χ2v) is 11.0. The fourth-order valence-electron chi connectivity index (χ4n) is 3.96. The summed E-state index contributed by atoms with van der Waals surface area (Å²) in [6.45, 7) is 1.42. The van der Waals surface area contributed by atoms with E-state index in [-0.39, 0.29) is 36.8 Å². The Morgan fingerprint density at radius 3 is 2.49 bits per heavy atom. The number of rotatable bonds is 11. The topological polar surface area (TPSA) is 162 Å². The van der Waals surface area contributed by atoms with E-state index in [1.165, 1.54) is 19.1 Å². The largest absolute Gasteiger partial charge is 0.504 e. The molecule has 1 fully saturated rings. The maximum Gasteiger partial charge on any atom is 0.460 e. The fraction of sp³-hybridized carbons (Fsp3) is 0.222. The van der Waals surface area contributed by atoms with Crippen molar-refractivity contribution in [2.75, 3.05) is 0 Å². The average Bonchev–Trinajstić information content (AvgIpc) is 3.60.